The summed E-state index contributed by atoms with van der Waals surface area (Å²) in [5.41, 5.74) is 0.440. The first-order chi connectivity index (χ1) is 9.15. The summed E-state index contributed by atoms with van der Waals surface area (Å²) in [4.78, 5) is 26.5. The fraction of sp³-hybridized carbons (Fsp3) is 0. The molecule has 3 aromatic rings. The predicted octanol–water partition coefficient (Wildman–Crippen LogP) is 1.07. The molecule has 19 heavy (non-hydrogen) atoms. The monoisotopic (exact) mass is 257 g/mol. The second kappa shape index (κ2) is 4.05. The number of hydrogen-bond acceptors (Lipinski definition) is 5. The van der Waals surface area contributed by atoms with Crippen LogP contribution < -0.4 is 5.43 Å². The van der Waals surface area contributed by atoms with Crippen molar-refractivity contribution in [1.29, 1.82) is 0 Å². The summed E-state index contributed by atoms with van der Waals surface area (Å²) in [5, 5.41) is 13.1. The molecular formula is C12H7N3O4. The molecule has 0 aliphatic heterocycles. The van der Waals surface area contributed by atoms with Gasteiger partial charge < -0.3 is 9.52 Å². The lowest BCUT2D eigenvalue weighted by Crippen LogP contribution is -2.07. The molecule has 0 bridgehead atoms. The van der Waals surface area contributed by atoms with E-state index in [0.717, 1.165) is 6.07 Å². The number of benzene rings is 1. The molecule has 7 heteroatoms. The number of aromatic carboxylic acids is 1. The second-order valence-corrected chi connectivity index (χ2v) is 3.80. The van der Waals surface area contributed by atoms with E-state index in [0.29, 0.717) is 5.69 Å². The van der Waals surface area contributed by atoms with Crippen LogP contribution in [0.2, 0.25) is 0 Å². The Hall–Kier alpha value is -2.96. The van der Waals surface area contributed by atoms with Gasteiger partial charge in [-0.2, -0.15) is 5.10 Å². The number of rotatable bonds is 2. The van der Waals surface area contributed by atoms with Crippen molar-refractivity contribution in [2.75, 3.05) is 0 Å². The maximum absolute atomic E-state index is 11.9. The van der Waals surface area contributed by atoms with Gasteiger partial charge in [0, 0.05) is 6.07 Å². The van der Waals surface area contributed by atoms with Crippen LogP contribution >= 0.6 is 0 Å². The molecule has 3 rings (SSSR count). The highest BCUT2D eigenvalue weighted by Crippen LogP contribution is 2.16. The Morgan fingerprint density at radius 3 is 2.84 bits per heavy atom. The van der Waals surface area contributed by atoms with Crippen LogP contribution in [-0.2, 0) is 0 Å². The molecule has 0 spiro atoms. The summed E-state index contributed by atoms with van der Waals surface area (Å²) in [6.45, 7) is 0. The minimum Gasteiger partial charge on any atom is -0.475 e. The van der Waals surface area contributed by atoms with E-state index in [9.17, 15) is 9.59 Å². The zero-order valence-corrected chi connectivity index (χ0v) is 9.48. The molecule has 0 saturated carbocycles. The third-order valence-electron chi connectivity index (χ3n) is 2.60. The molecular weight excluding hydrogens is 250 g/mol. The zero-order valence-electron chi connectivity index (χ0n) is 9.48. The van der Waals surface area contributed by atoms with E-state index in [1.54, 1.807) is 12.1 Å². The summed E-state index contributed by atoms with van der Waals surface area (Å²) >= 11 is 0. The van der Waals surface area contributed by atoms with Gasteiger partial charge in [-0.15, -0.1) is 0 Å². The molecule has 94 valence electrons. The van der Waals surface area contributed by atoms with Crippen LogP contribution in [0.4, 0.5) is 0 Å². The Balaban J connectivity index is 2.25. The van der Waals surface area contributed by atoms with Crippen LogP contribution in [0, 0.1) is 0 Å². The third-order valence-corrected chi connectivity index (χ3v) is 2.60. The van der Waals surface area contributed by atoms with Gasteiger partial charge in [0.1, 0.15) is 18.2 Å². The van der Waals surface area contributed by atoms with Gasteiger partial charge in [-0.1, -0.05) is 0 Å². The lowest BCUT2D eigenvalue weighted by molar-refractivity contribution is 0.0663. The summed E-state index contributed by atoms with van der Waals surface area (Å²) in [6.07, 6.45) is 2.87. The normalized spacial score (nSPS) is 10.7. The molecule has 1 aromatic carbocycles. The van der Waals surface area contributed by atoms with Gasteiger partial charge in [0.2, 0.25) is 5.76 Å². The molecule has 0 aliphatic rings. The number of carboxylic acid groups (broad SMARTS) is 1. The zero-order chi connectivity index (χ0) is 13.4. The molecule has 0 radical (unpaired) electrons. The van der Waals surface area contributed by atoms with E-state index in [1.807, 2.05) is 0 Å². The van der Waals surface area contributed by atoms with E-state index < -0.39 is 11.4 Å². The standard InChI is InChI=1S/C12H7N3O4/c16-9-4-11(12(17)18)19-10-2-1-7(3-8(9)10)15-6-13-5-14-15/h1-6H,(H,17,18). The number of hydrogen-bond donors (Lipinski definition) is 1. The Bertz CT molecular complexity index is 821. The van der Waals surface area contributed by atoms with Crippen molar-refractivity contribution in [3.05, 3.63) is 52.9 Å². The van der Waals surface area contributed by atoms with Gasteiger partial charge in [0.05, 0.1) is 11.1 Å². The van der Waals surface area contributed by atoms with Gasteiger partial charge in [0.25, 0.3) is 0 Å². The first kappa shape index (κ1) is 11.1. The third kappa shape index (κ3) is 1.86. The Kier molecular flexibility index (Phi) is 2.38. The Morgan fingerprint density at radius 2 is 2.16 bits per heavy atom. The van der Waals surface area contributed by atoms with Gasteiger partial charge in [-0.3, -0.25) is 4.79 Å². The van der Waals surface area contributed by atoms with Crippen LogP contribution in [0.15, 0.2) is 46.1 Å². The highest BCUT2D eigenvalue weighted by atomic mass is 16.4. The lowest BCUT2D eigenvalue weighted by atomic mass is 10.2. The van der Waals surface area contributed by atoms with E-state index in [4.69, 9.17) is 9.52 Å². The molecule has 2 aromatic heterocycles. The Labute approximate surface area is 105 Å². The minimum atomic E-state index is -1.28. The van der Waals surface area contributed by atoms with Crippen molar-refractivity contribution in [2.24, 2.45) is 0 Å². The first-order valence-corrected chi connectivity index (χ1v) is 5.31. The molecule has 0 saturated heterocycles. The van der Waals surface area contributed by atoms with Crippen molar-refractivity contribution >= 4 is 16.9 Å². The number of carbonyl (C=O) groups is 1. The van der Waals surface area contributed by atoms with Crippen LogP contribution in [0.5, 0.6) is 0 Å². The van der Waals surface area contributed by atoms with Crippen molar-refractivity contribution in [1.82, 2.24) is 14.8 Å². The van der Waals surface area contributed by atoms with Crippen molar-refractivity contribution in [2.45, 2.75) is 0 Å². The topological polar surface area (TPSA) is 98.2 Å². The fourth-order valence-corrected chi connectivity index (χ4v) is 1.73. The van der Waals surface area contributed by atoms with Crippen LogP contribution in [0.25, 0.3) is 16.7 Å². The predicted molar refractivity (Wildman–Crippen MR) is 64.4 cm³/mol. The second-order valence-electron chi connectivity index (χ2n) is 3.80. The lowest BCUT2D eigenvalue weighted by Gasteiger charge is -2.03. The summed E-state index contributed by atoms with van der Waals surface area (Å²) in [6, 6.07) is 5.71. The average Bonchev–Trinajstić information content (AvgIpc) is 2.92. The average molecular weight is 257 g/mol. The van der Waals surface area contributed by atoms with Gasteiger partial charge in [-0.25, -0.2) is 14.5 Å². The smallest absolute Gasteiger partial charge is 0.371 e. The molecule has 0 aliphatic carbocycles. The maximum Gasteiger partial charge on any atom is 0.371 e. The van der Waals surface area contributed by atoms with Gasteiger partial charge in [0.15, 0.2) is 5.43 Å². The molecule has 2 heterocycles. The van der Waals surface area contributed by atoms with Crippen molar-refractivity contribution < 1.29 is 14.3 Å². The minimum absolute atomic E-state index is 0.216. The van der Waals surface area contributed by atoms with Crippen molar-refractivity contribution in [3.8, 4) is 5.69 Å². The summed E-state index contributed by atoms with van der Waals surface area (Å²) < 4.78 is 6.62. The number of carboxylic acids is 1. The maximum atomic E-state index is 11.9. The van der Waals surface area contributed by atoms with Gasteiger partial charge >= 0.3 is 5.97 Å². The van der Waals surface area contributed by atoms with Crippen LogP contribution in [0.3, 0.4) is 0 Å². The highest BCUT2D eigenvalue weighted by molar-refractivity contribution is 5.87. The van der Waals surface area contributed by atoms with Crippen LogP contribution in [-0.4, -0.2) is 25.8 Å². The summed E-state index contributed by atoms with van der Waals surface area (Å²) in [7, 11) is 0. The largest absolute Gasteiger partial charge is 0.475 e. The molecule has 7 nitrogen and oxygen atoms in total. The number of nitrogens with zero attached hydrogens (tertiary/aromatic N) is 3. The van der Waals surface area contributed by atoms with E-state index in [2.05, 4.69) is 10.1 Å². The molecule has 0 atom stereocenters. The fourth-order valence-electron chi connectivity index (χ4n) is 1.73. The Morgan fingerprint density at radius 1 is 1.32 bits per heavy atom. The highest BCUT2D eigenvalue weighted by Gasteiger charge is 2.11. The quantitative estimate of drug-likeness (QED) is 0.737. The molecule has 0 fully saturated rings. The summed E-state index contributed by atoms with van der Waals surface area (Å²) in [5.74, 6) is -1.66. The molecule has 1 N–H and O–H groups in total. The first-order valence-electron chi connectivity index (χ1n) is 5.31. The van der Waals surface area contributed by atoms with E-state index >= 15 is 0 Å². The van der Waals surface area contributed by atoms with Gasteiger partial charge in [-0.05, 0) is 18.2 Å². The van der Waals surface area contributed by atoms with E-state index in [-0.39, 0.29) is 16.7 Å². The SMILES string of the molecule is O=C(O)c1cc(=O)c2cc(-n3cncn3)ccc2o1. The molecule has 0 amide bonds. The number of aromatic nitrogens is 3. The van der Waals surface area contributed by atoms with E-state index in [1.165, 1.54) is 23.4 Å². The molecule has 0 unspecified atom stereocenters. The van der Waals surface area contributed by atoms with Crippen LogP contribution in [0.1, 0.15) is 10.6 Å². The van der Waals surface area contributed by atoms with Crippen molar-refractivity contribution in [3.63, 3.8) is 0 Å². The number of fused-ring (bicyclic) bond motifs is 1.